The van der Waals surface area contributed by atoms with Crippen LogP contribution in [0.3, 0.4) is 0 Å². The van der Waals surface area contributed by atoms with Gasteiger partial charge in [0.2, 0.25) is 23.8 Å². The highest BCUT2D eigenvalue weighted by molar-refractivity contribution is 7.31. The van der Waals surface area contributed by atoms with Gasteiger partial charge < -0.3 is 0 Å². The van der Waals surface area contributed by atoms with Crippen molar-refractivity contribution in [3.8, 4) is 57.7 Å². The molecule has 14 heteroatoms. The maximum Gasteiger partial charge on any atom is 0.240 e. The Morgan fingerprint density at radius 1 is 0.172 bits per heavy atom. The average Bonchev–Trinajstić information content (AvgIpc) is 1.25. The Balaban J connectivity index is 0.626. The molecule has 10 nitrogen and oxygen atoms in total. The number of benzene rings is 18. The summed E-state index contributed by atoms with van der Waals surface area (Å²) in [6.45, 7) is 0. The average molecular weight is 1700 g/mol. The molecule has 0 saturated carbocycles. The lowest BCUT2D eigenvalue weighted by molar-refractivity contribution is 0.892. The molecule has 598 valence electrons. The van der Waals surface area contributed by atoms with Crippen molar-refractivity contribution >= 4 is 208 Å². The first-order valence-corrected chi connectivity index (χ1v) is 48.9. The van der Waals surface area contributed by atoms with Crippen molar-refractivity contribution in [1.82, 2.24) is 48.2 Å². The minimum Gasteiger partial charge on any atom is -0.278 e. The standard InChI is InChI=1S/C114H72N10S2Si2/c1-5-30-77(31-6-1)127(78-32-7-2-8-33-78,83-66-69-106-95(72-83)91-45-20-27-53-104(91)125-106)81-62-56-73(57-63-81)109-115-111(121-96-47-21-13-38-84(96)85-39-14-22-48-97(85)121)119-113(117-109)123-100-51-25-17-42-88(100)93-70-75(60-67-102(93)123)76-61-68-103-94(71-76)89-43-18-26-52-101(89)124(103)114-118-110(116-112(120-114)122-98-49-23-15-40-86(98)87-41-16-24-50-99(87)122)74-58-64-82(65-59-74)128(79-34-9-3-10-35-79,80-36-11-4-12-37-80)107-55-29-46-92-90-44-19-28-54-105(90)126-108(92)107/h1-72H. The SMILES string of the molecule is c1ccc([Si](c2ccccc2)(c2ccc(-c3nc(-n4c5ccccc5c5ccccc54)nc(-n4c5ccccc5c5cc(-c6ccc7c(c6)c6ccccc6n7-c6nc(-c7ccc([Si](c8ccccc8)(c8ccccc8)c8cccc9c8sc8ccccc89)cc7)nc(-n7c8ccccc8c8ccccc87)n6)ccc54)n3)cc2)c2ccc3sc4ccccc4c3c2)cc1. The maximum absolute atomic E-state index is 5.67. The number of rotatable bonds is 15. The van der Waals surface area contributed by atoms with Crippen LogP contribution in [0, 0.1) is 0 Å². The van der Waals surface area contributed by atoms with Crippen molar-refractivity contribution < 1.29 is 0 Å². The second-order valence-electron chi connectivity index (χ2n) is 33.1. The molecule has 0 spiro atoms. The lowest BCUT2D eigenvalue weighted by atomic mass is 10.0. The zero-order chi connectivity index (χ0) is 84.1. The minimum atomic E-state index is -3.08. The Kier molecular flexibility index (Phi) is 16.9. The number of fused-ring (bicyclic) bond motifs is 18. The Morgan fingerprint density at radius 2 is 0.453 bits per heavy atom. The number of thiophene rings is 2. The Labute approximate surface area is 744 Å². The van der Waals surface area contributed by atoms with E-state index in [0.29, 0.717) is 35.4 Å². The summed E-state index contributed by atoms with van der Waals surface area (Å²) in [6, 6.07) is 160. The van der Waals surface area contributed by atoms with Crippen LogP contribution in [0.15, 0.2) is 437 Å². The molecule has 18 aromatic carbocycles. The van der Waals surface area contributed by atoms with Gasteiger partial charge in [-0.1, -0.05) is 358 Å². The van der Waals surface area contributed by atoms with Crippen LogP contribution in [0.5, 0.6) is 0 Å². The molecule has 0 saturated heterocycles. The summed E-state index contributed by atoms with van der Waals surface area (Å²) in [5, 5.41) is 24.3. The predicted octanol–water partition coefficient (Wildman–Crippen LogP) is 22.9. The van der Waals surface area contributed by atoms with E-state index in [2.05, 4.69) is 455 Å². The fourth-order valence-electron chi connectivity index (χ4n) is 20.8. The molecule has 26 rings (SSSR count). The van der Waals surface area contributed by atoms with Gasteiger partial charge in [0.15, 0.2) is 27.8 Å². The summed E-state index contributed by atoms with van der Waals surface area (Å²) in [7, 11) is -6.12. The summed E-state index contributed by atoms with van der Waals surface area (Å²) < 4.78 is 14.1. The first-order chi connectivity index (χ1) is 63.5. The molecule has 0 unspecified atom stereocenters. The molecule has 26 aromatic rings. The molecule has 0 aliphatic heterocycles. The molecule has 8 aromatic heterocycles. The van der Waals surface area contributed by atoms with Crippen molar-refractivity contribution in [2.24, 2.45) is 0 Å². The Hall–Kier alpha value is -15.9. The fourth-order valence-corrected chi connectivity index (χ4v) is 33.2. The van der Waals surface area contributed by atoms with Gasteiger partial charge in [-0.25, -0.2) is 0 Å². The molecule has 0 aliphatic carbocycles. The van der Waals surface area contributed by atoms with Crippen LogP contribution < -0.4 is 41.5 Å². The van der Waals surface area contributed by atoms with Crippen molar-refractivity contribution in [2.45, 2.75) is 0 Å². The zero-order valence-corrected chi connectivity index (χ0v) is 72.5. The Morgan fingerprint density at radius 3 is 0.852 bits per heavy atom. The third-order valence-corrected chi connectivity index (χ3v) is 38.6. The Bertz CT molecular complexity index is 8770. The number of hydrogen-bond acceptors (Lipinski definition) is 8. The molecular formula is C114H72N10S2Si2. The molecule has 0 atom stereocenters. The zero-order valence-electron chi connectivity index (χ0n) is 68.9. The van der Waals surface area contributed by atoms with Crippen LogP contribution in [-0.2, 0) is 0 Å². The molecule has 0 fully saturated rings. The molecular weight excluding hydrogens is 1630 g/mol. The molecule has 0 amide bonds. The number of para-hydroxylation sites is 6. The normalized spacial score (nSPS) is 12.2. The predicted molar refractivity (Wildman–Crippen MR) is 540 cm³/mol. The van der Waals surface area contributed by atoms with E-state index in [1.807, 2.05) is 22.7 Å². The van der Waals surface area contributed by atoms with E-state index in [-0.39, 0.29) is 0 Å². The summed E-state index contributed by atoms with van der Waals surface area (Å²) >= 11 is 3.76. The minimum absolute atomic E-state index is 0.504. The van der Waals surface area contributed by atoms with Crippen molar-refractivity contribution in [3.63, 3.8) is 0 Å². The monoisotopic (exact) mass is 1700 g/mol. The van der Waals surface area contributed by atoms with Gasteiger partial charge in [0.1, 0.15) is 0 Å². The van der Waals surface area contributed by atoms with Crippen LogP contribution in [-0.4, -0.2) is 64.3 Å². The van der Waals surface area contributed by atoms with Crippen LogP contribution >= 0.6 is 22.7 Å². The maximum atomic E-state index is 5.67. The fraction of sp³-hybridized carbons (Fsp3) is 0. The van der Waals surface area contributed by atoms with Crippen LogP contribution in [0.1, 0.15) is 0 Å². The summed E-state index contributed by atoms with van der Waals surface area (Å²) in [5.41, 5.74) is 11.7. The van der Waals surface area contributed by atoms with Crippen LogP contribution in [0.2, 0.25) is 0 Å². The molecule has 0 radical (unpaired) electrons. The topological polar surface area (TPSA) is 97.1 Å². The lowest BCUT2D eigenvalue weighted by Crippen LogP contribution is -2.74. The van der Waals surface area contributed by atoms with Gasteiger partial charge in [0, 0.05) is 94.6 Å². The number of aromatic nitrogens is 10. The third-order valence-electron chi connectivity index (χ3n) is 26.5. The van der Waals surface area contributed by atoms with Gasteiger partial charge in [-0.3, -0.25) is 18.3 Å². The van der Waals surface area contributed by atoms with E-state index in [4.69, 9.17) is 29.9 Å². The van der Waals surface area contributed by atoms with E-state index < -0.39 is 16.1 Å². The first kappa shape index (κ1) is 73.6. The molecule has 0 N–H and O–H groups in total. The van der Waals surface area contributed by atoms with Crippen molar-refractivity contribution in [1.29, 1.82) is 0 Å². The largest absolute Gasteiger partial charge is 0.278 e. The van der Waals surface area contributed by atoms with Crippen molar-refractivity contribution in [3.05, 3.63) is 437 Å². The van der Waals surface area contributed by atoms with Gasteiger partial charge in [-0.15, -0.1) is 22.7 Å². The third kappa shape index (κ3) is 11.3. The quantitative estimate of drug-likeness (QED) is 0.0749. The summed E-state index contributed by atoms with van der Waals surface area (Å²) in [6.07, 6.45) is 0. The van der Waals surface area contributed by atoms with Crippen molar-refractivity contribution in [2.75, 3.05) is 0 Å². The lowest BCUT2D eigenvalue weighted by Gasteiger charge is -2.35. The summed E-state index contributed by atoms with van der Waals surface area (Å²) in [4.78, 5) is 33.8. The van der Waals surface area contributed by atoms with E-state index in [1.54, 1.807) is 0 Å². The van der Waals surface area contributed by atoms with E-state index in [0.717, 1.165) is 109 Å². The summed E-state index contributed by atoms with van der Waals surface area (Å²) in [5.74, 6) is 3.16. The smallest absolute Gasteiger partial charge is 0.240 e. The van der Waals surface area contributed by atoms with Gasteiger partial charge in [0.05, 0.1) is 44.1 Å². The van der Waals surface area contributed by atoms with Gasteiger partial charge >= 0.3 is 0 Å². The van der Waals surface area contributed by atoms with Gasteiger partial charge in [-0.05, 0) is 131 Å². The molecule has 128 heavy (non-hydrogen) atoms. The van der Waals surface area contributed by atoms with Crippen LogP contribution in [0.4, 0.5) is 0 Å². The van der Waals surface area contributed by atoms with E-state index in [9.17, 15) is 0 Å². The second-order valence-corrected chi connectivity index (χ2v) is 42.9. The van der Waals surface area contributed by atoms with Crippen LogP contribution in [0.25, 0.3) is 185 Å². The molecule has 0 aliphatic rings. The van der Waals surface area contributed by atoms with Gasteiger partial charge in [0.25, 0.3) is 0 Å². The van der Waals surface area contributed by atoms with Gasteiger partial charge in [-0.2, -0.15) is 29.9 Å². The highest BCUT2D eigenvalue weighted by Crippen LogP contribution is 2.43. The molecule has 8 heterocycles. The highest BCUT2D eigenvalue weighted by atomic mass is 32.1. The number of nitrogens with zero attached hydrogens (tertiary/aromatic N) is 10. The highest BCUT2D eigenvalue weighted by Gasteiger charge is 2.45. The van der Waals surface area contributed by atoms with E-state index in [1.165, 1.54) is 81.8 Å². The van der Waals surface area contributed by atoms with E-state index >= 15 is 0 Å². The number of hydrogen-bond donors (Lipinski definition) is 0. The second kappa shape index (κ2) is 29.4. The molecule has 0 bridgehead atoms. The first-order valence-electron chi connectivity index (χ1n) is 43.3.